The van der Waals surface area contributed by atoms with Crippen LogP contribution in [-0.2, 0) is 0 Å². The zero-order chi connectivity index (χ0) is 11.6. The minimum absolute atomic E-state index is 0.114. The largest absolute Gasteiger partial charge is 0.392 e. The summed E-state index contributed by atoms with van der Waals surface area (Å²) in [5.74, 6) is 0.488. The van der Waals surface area contributed by atoms with Crippen molar-refractivity contribution in [3.8, 4) is 0 Å². The Morgan fingerprint density at radius 2 is 1.88 bits per heavy atom. The third-order valence-electron chi connectivity index (χ3n) is 4.68. The number of aliphatic hydroxyl groups is 1. The maximum Gasteiger partial charge on any atom is 0.0634 e. The molecule has 0 aromatic heterocycles. The SMILES string of the molecule is CC1(C)CCCC(C2CCCCCN2)C1O. The Morgan fingerprint density at radius 3 is 2.69 bits per heavy atom. The Hall–Kier alpha value is -0.0800. The van der Waals surface area contributed by atoms with Crippen molar-refractivity contribution in [2.45, 2.75) is 70.9 Å². The fourth-order valence-corrected chi connectivity index (χ4v) is 3.52. The van der Waals surface area contributed by atoms with Crippen molar-refractivity contribution in [1.82, 2.24) is 5.32 Å². The van der Waals surface area contributed by atoms with Crippen LogP contribution in [0.4, 0.5) is 0 Å². The molecule has 0 aromatic carbocycles. The molecule has 94 valence electrons. The molecule has 3 unspecified atom stereocenters. The summed E-state index contributed by atoms with van der Waals surface area (Å²) in [5.41, 5.74) is 0.122. The normalized spacial score (nSPS) is 40.3. The minimum atomic E-state index is -0.114. The second kappa shape index (κ2) is 5.05. The van der Waals surface area contributed by atoms with Gasteiger partial charge < -0.3 is 10.4 Å². The quantitative estimate of drug-likeness (QED) is 0.719. The molecule has 0 radical (unpaired) electrons. The van der Waals surface area contributed by atoms with Gasteiger partial charge >= 0.3 is 0 Å². The molecule has 2 heteroatoms. The maximum atomic E-state index is 10.5. The molecule has 2 N–H and O–H groups in total. The van der Waals surface area contributed by atoms with Crippen LogP contribution in [-0.4, -0.2) is 23.8 Å². The smallest absolute Gasteiger partial charge is 0.0634 e. The highest BCUT2D eigenvalue weighted by Crippen LogP contribution is 2.41. The van der Waals surface area contributed by atoms with Gasteiger partial charge in [-0.15, -0.1) is 0 Å². The van der Waals surface area contributed by atoms with Crippen molar-refractivity contribution in [3.05, 3.63) is 0 Å². The summed E-state index contributed by atoms with van der Waals surface area (Å²) in [5, 5.41) is 14.2. The van der Waals surface area contributed by atoms with Gasteiger partial charge in [0.2, 0.25) is 0 Å². The molecule has 1 saturated carbocycles. The lowest BCUT2D eigenvalue weighted by Gasteiger charge is -2.44. The number of hydrogen-bond donors (Lipinski definition) is 2. The van der Waals surface area contributed by atoms with Crippen molar-refractivity contribution in [2.24, 2.45) is 11.3 Å². The van der Waals surface area contributed by atoms with Gasteiger partial charge in [-0.1, -0.05) is 33.1 Å². The van der Waals surface area contributed by atoms with E-state index in [1.165, 1.54) is 44.9 Å². The first-order chi connectivity index (χ1) is 7.61. The fraction of sp³-hybridized carbons (Fsp3) is 1.00. The molecule has 1 aliphatic heterocycles. The second-order valence-electron chi connectivity index (χ2n) is 6.40. The van der Waals surface area contributed by atoms with E-state index >= 15 is 0 Å². The number of nitrogens with one attached hydrogen (secondary N) is 1. The highest BCUT2D eigenvalue weighted by atomic mass is 16.3. The third-order valence-corrected chi connectivity index (χ3v) is 4.68. The van der Waals surface area contributed by atoms with Crippen molar-refractivity contribution in [1.29, 1.82) is 0 Å². The molecule has 3 atom stereocenters. The molecule has 1 aliphatic carbocycles. The van der Waals surface area contributed by atoms with Crippen LogP contribution in [0.1, 0.15) is 58.8 Å². The first kappa shape index (κ1) is 12.4. The van der Waals surface area contributed by atoms with Gasteiger partial charge in [-0.05, 0) is 37.6 Å². The van der Waals surface area contributed by atoms with Gasteiger partial charge in [0, 0.05) is 12.0 Å². The van der Waals surface area contributed by atoms with E-state index in [-0.39, 0.29) is 11.5 Å². The molecule has 0 bridgehead atoms. The van der Waals surface area contributed by atoms with Crippen LogP contribution in [0.15, 0.2) is 0 Å². The van der Waals surface area contributed by atoms with Gasteiger partial charge in [0.05, 0.1) is 6.10 Å². The highest BCUT2D eigenvalue weighted by Gasteiger charge is 2.40. The van der Waals surface area contributed by atoms with Crippen LogP contribution in [0.5, 0.6) is 0 Å². The number of aliphatic hydroxyl groups excluding tert-OH is 1. The zero-order valence-corrected chi connectivity index (χ0v) is 10.8. The lowest BCUT2D eigenvalue weighted by atomic mass is 9.67. The predicted molar refractivity (Wildman–Crippen MR) is 67.4 cm³/mol. The second-order valence-corrected chi connectivity index (χ2v) is 6.40. The Bertz CT molecular complexity index is 219. The van der Waals surface area contributed by atoms with Crippen LogP contribution < -0.4 is 5.32 Å². The standard InChI is InChI=1S/C14H27NO/c1-14(2)9-6-7-11(13(14)16)12-8-4-3-5-10-15-12/h11-13,15-16H,3-10H2,1-2H3. The number of hydrogen-bond acceptors (Lipinski definition) is 2. The Balaban J connectivity index is 2.01. The molecular weight excluding hydrogens is 198 g/mol. The average molecular weight is 225 g/mol. The summed E-state index contributed by atoms with van der Waals surface area (Å²) in [4.78, 5) is 0. The van der Waals surface area contributed by atoms with Crippen LogP contribution in [0.2, 0.25) is 0 Å². The van der Waals surface area contributed by atoms with E-state index in [0.29, 0.717) is 12.0 Å². The summed E-state index contributed by atoms with van der Waals surface area (Å²) in [7, 11) is 0. The van der Waals surface area contributed by atoms with Gasteiger partial charge in [-0.3, -0.25) is 0 Å². The van der Waals surface area contributed by atoms with E-state index in [1.54, 1.807) is 0 Å². The Labute approximate surface area is 99.8 Å². The predicted octanol–water partition coefficient (Wildman–Crippen LogP) is 2.71. The molecule has 2 fully saturated rings. The monoisotopic (exact) mass is 225 g/mol. The van der Waals surface area contributed by atoms with Crippen LogP contribution >= 0.6 is 0 Å². The summed E-state index contributed by atoms with van der Waals surface area (Å²) < 4.78 is 0. The van der Waals surface area contributed by atoms with Crippen LogP contribution in [0.25, 0.3) is 0 Å². The first-order valence-electron chi connectivity index (χ1n) is 7.03. The van der Waals surface area contributed by atoms with Gasteiger partial charge in [-0.2, -0.15) is 0 Å². The number of rotatable bonds is 1. The molecule has 0 aromatic rings. The van der Waals surface area contributed by atoms with Crippen LogP contribution in [0, 0.1) is 11.3 Å². The van der Waals surface area contributed by atoms with E-state index in [2.05, 4.69) is 19.2 Å². The molecule has 1 heterocycles. The van der Waals surface area contributed by atoms with Crippen molar-refractivity contribution < 1.29 is 5.11 Å². The van der Waals surface area contributed by atoms with E-state index < -0.39 is 0 Å². The summed E-state index contributed by atoms with van der Waals surface area (Å²) in [6.45, 7) is 5.59. The van der Waals surface area contributed by atoms with E-state index in [4.69, 9.17) is 0 Å². The fourth-order valence-electron chi connectivity index (χ4n) is 3.52. The van der Waals surface area contributed by atoms with Gasteiger partial charge in [0.25, 0.3) is 0 Å². The van der Waals surface area contributed by atoms with Crippen molar-refractivity contribution in [3.63, 3.8) is 0 Å². The van der Waals surface area contributed by atoms with E-state index in [9.17, 15) is 5.11 Å². The summed E-state index contributed by atoms with van der Waals surface area (Å²) in [6.07, 6.45) is 8.82. The lowest BCUT2D eigenvalue weighted by Crippen LogP contribution is -2.49. The maximum absolute atomic E-state index is 10.5. The van der Waals surface area contributed by atoms with Gasteiger partial charge in [-0.25, -0.2) is 0 Å². The molecule has 0 amide bonds. The van der Waals surface area contributed by atoms with Gasteiger partial charge in [0.1, 0.15) is 0 Å². The lowest BCUT2D eigenvalue weighted by molar-refractivity contribution is -0.0455. The van der Waals surface area contributed by atoms with Crippen molar-refractivity contribution in [2.75, 3.05) is 6.54 Å². The third kappa shape index (κ3) is 2.60. The summed E-state index contributed by atoms with van der Waals surface area (Å²) >= 11 is 0. The van der Waals surface area contributed by atoms with Crippen molar-refractivity contribution >= 4 is 0 Å². The Morgan fingerprint density at radius 1 is 1.06 bits per heavy atom. The molecule has 2 nitrogen and oxygen atoms in total. The molecule has 1 saturated heterocycles. The molecule has 0 spiro atoms. The minimum Gasteiger partial charge on any atom is -0.392 e. The molecule has 16 heavy (non-hydrogen) atoms. The topological polar surface area (TPSA) is 32.3 Å². The first-order valence-corrected chi connectivity index (χ1v) is 7.03. The molecule has 2 aliphatic rings. The zero-order valence-electron chi connectivity index (χ0n) is 10.8. The van der Waals surface area contributed by atoms with E-state index in [0.717, 1.165) is 6.54 Å². The Kier molecular flexibility index (Phi) is 3.91. The van der Waals surface area contributed by atoms with Gasteiger partial charge in [0.15, 0.2) is 0 Å². The van der Waals surface area contributed by atoms with Crippen LogP contribution in [0.3, 0.4) is 0 Å². The summed E-state index contributed by atoms with van der Waals surface area (Å²) in [6, 6.07) is 0.567. The molecule has 2 rings (SSSR count). The average Bonchev–Trinajstić information content (AvgIpc) is 2.50. The highest BCUT2D eigenvalue weighted by molar-refractivity contribution is 4.93. The molecular formula is C14H27NO. The van der Waals surface area contributed by atoms with E-state index in [1.807, 2.05) is 0 Å².